The minimum Gasteiger partial charge on any atom is -0.310 e. The van der Waals surface area contributed by atoms with Crippen LogP contribution in [-0.4, -0.2) is 0 Å². The number of hydrogen-bond donors (Lipinski definition) is 0. The second-order valence-electron chi connectivity index (χ2n) is 17.9. The molecule has 12 aromatic carbocycles. The van der Waals surface area contributed by atoms with Gasteiger partial charge in [-0.25, -0.2) is 0 Å². The Morgan fingerprint density at radius 1 is 0.235 bits per heavy atom. The summed E-state index contributed by atoms with van der Waals surface area (Å²) in [5.74, 6) is 0. The summed E-state index contributed by atoms with van der Waals surface area (Å²) in [4.78, 5) is 4.91. The van der Waals surface area contributed by atoms with Gasteiger partial charge < -0.3 is 9.80 Å². The smallest absolute Gasteiger partial charge is 0.0540 e. The van der Waals surface area contributed by atoms with E-state index in [-0.39, 0.29) is 0 Å². The second kappa shape index (κ2) is 17.3. The number of hydrogen-bond acceptors (Lipinski definition) is 2. The lowest BCUT2D eigenvalue weighted by Gasteiger charge is -2.30. The minimum atomic E-state index is 1.10. The molecule has 0 aliphatic rings. The number of nitrogens with zero attached hydrogens (tertiary/aromatic N) is 2. The largest absolute Gasteiger partial charge is 0.310 e. The highest BCUT2D eigenvalue weighted by molar-refractivity contribution is 6.28. The topological polar surface area (TPSA) is 6.48 Å². The maximum atomic E-state index is 2.45. The summed E-state index contributed by atoms with van der Waals surface area (Å²) in [5, 5.41) is 7.33. The molecule has 0 spiro atoms. The first-order valence-electron chi connectivity index (χ1n) is 23.5. The van der Waals surface area contributed by atoms with Gasteiger partial charge in [-0.15, -0.1) is 0 Å². The van der Waals surface area contributed by atoms with Crippen molar-refractivity contribution in [3.8, 4) is 44.5 Å². The van der Waals surface area contributed by atoms with Gasteiger partial charge in [0.05, 0.1) is 11.4 Å². The van der Waals surface area contributed by atoms with E-state index in [4.69, 9.17) is 0 Å². The van der Waals surface area contributed by atoms with Gasteiger partial charge in [-0.1, -0.05) is 193 Å². The number of aryl methyl sites for hydroxylation is 2. The third-order valence-electron chi connectivity index (χ3n) is 13.5. The van der Waals surface area contributed by atoms with Crippen LogP contribution in [0.3, 0.4) is 0 Å². The zero-order valence-electron chi connectivity index (χ0n) is 38.1. The quantitative estimate of drug-likeness (QED) is 0.126. The van der Waals surface area contributed by atoms with Crippen LogP contribution < -0.4 is 9.80 Å². The van der Waals surface area contributed by atoms with Crippen LogP contribution in [0.4, 0.5) is 34.1 Å². The number of benzene rings is 12. The van der Waals surface area contributed by atoms with E-state index in [2.05, 4.69) is 278 Å². The maximum absolute atomic E-state index is 2.45. The first-order valence-corrected chi connectivity index (χ1v) is 23.5. The third kappa shape index (κ3) is 7.52. The molecule has 0 saturated heterocycles. The SMILES string of the molecule is Cc1ccc(-c2cc(-c3ccccc3)cc(N(c3ccccc3)c3ccc4ccc5c(N(c6ccccc6)c6cc(-c7ccccc7)cc(-c7ccc(C)cc7)c6)ccc6ccc3c4c65)c2)cc1. The van der Waals surface area contributed by atoms with E-state index in [1.54, 1.807) is 0 Å². The van der Waals surface area contributed by atoms with Crippen molar-refractivity contribution >= 4 is 66.4 Å². The zero-order chi connectivity index (χ0) is 45.6. The Bertz CT molecular complexity index is 3460. The maximum Gasteiger partial charge on any atom is 0.0540 e. The van der Waals surface area contributed by atoms with E-state index in [0.29, 0.717) is 0 Å². The van der Waals surface area contributed by atoms with E-state index < -0.39 is 0 Å². The van der Waals surface area contributed by atoms with Crippen LogP contribution in [0.5, 0.6) is 0 Å². The summed E-state index contributed by atoms with van der Waals surface area (Å²) in [7, 11) is 0. The molecule has 12 aromatic rings. The van der Waals surface area contributed by atoms with E-state index in [1.165, 1.54) is 88.0 Å². The molecular formula is C66H48N2. The van der Waals surface area contributed by atoms with Crippen molar-refractivity contribution in [3.05, 3.63) is 266 Å². The van der Waals surface area contributed by atoms with Crippen LogP contribution in [-0.2, 0) is 0 Å². The summed E-state index contributed by atoms with van der Waals surface area (Å²) in [6.45, 7) is 4.29. The van der Waals surface area contributed by atoms with Crippen molar-refractivity contribution in [1.82, 2.24) is 0 Å². The van der Waals surface area contributed by atoms with Gasteiger partial charge in [0.15, 0.2) is 0 Å². The molecule has 0 atom stereocenters. The molecule has 322 valence electrons. The second-order valence-corrected chi connectivity index (χ2v) is 17.9. The average Bonchev–Trinajstić information content (AvgIpc) is 3.40. The van der Waals surface area contributed by atoms with Gasteiger partial charge in [0, 0.05) is 33.5 Å². The Morgan fingerprint density at radius 2 is 0.544 bits per heavy atom. The van der Waals surface area contributed by atoms with Gasteiger partial charge in [0.2, 0.25) is 0 Å². The molecule has 0 amide bonds. The molecule has 0 fully saturated rings. The fourth-order valence-electron chi connectivity index (χ4n) is 10.1. The highest BCUT2D eigenvalue weighted by Crippen LogP contribution is 2.49. The molecule has 2 nitrogen and oxygen atoms in total. The fourth-order valence-corrected chi connectivity index (χ4v) is 10.1. The molecule has 12 rings (SSSR count). The Hall–Kier alpha value is -8.72. The summed E-state index contributed by atoms with van der Waals surface area (Å²) in [6.07, 6.45) is 0. The van der Waals surface area contributed by atoms with Gasteiger partial charge in [-0.2, -0.15) is 0 Å². The predicted molar refractivity (Wildman–Crippen MR) is 291 cm³/mol. The van der Waals surface area contributed by atoms with Gasteiger partial charge in [0.25, 0.3) is 0 Å². The van der Waals surface area contributed by atoms with Crippen LogP contribution >= 0.6 is 0 Å². The molecule has 0 saturated carbocycles. The zero-order valence-corrected chi connectivity index (χ0v) is 38.1. The molecule has 0 unspecified atom stereocenters. The van der Waals surface area contributed by atoms with Gasteiger partial charge in [0.1, 0.15) is 0 Å². The number of para-hydroxylation sites is 2. The van der Waals surface area contributed by atoms with E-state index in [0.717, 1.165) is 34.1 Å². The van der Waals surface area contributed by atoms with Crippen molar-refractivity contribution in [2.75, 3.05) is 9.80 Å². The van der Waals surface area contributed by atoms with Crippen molar-refractivity contribution in [2.24, 2.45) is 0 Å². The molecule has 2 heteroatoms. The Balaban J connectivity index is 1.09. The van der Waals surface area contributed by atoms with E-state index in [1.807, 2.05) is 0 Å². The van der Waals surface area contributed by atoms with Gasteiger partial charge >= 0.3 is 0 Å². The van der Waals surface area contributed by atoms with Crippen LogP contribution in [0.2, 0.25) is 0 Å². The lowest BCUT2D eigenvalue weighted by molar-refractivity contribution is 1.30. The molecule has 0 heterocycles. The standard InChI is InChI=1S/C66H48N2/c1-45-23-27-49(28-24-45)55-39-53(47-15-7-3-8-16-47)41-59(43-55)67(57-19-11-5-12-20-57)63-37-33-51-32-36-62-64(38-34-52-31-35-61(63)65(51)66(52)62)68(58-21-13-6-14-22-58)60-42-54(48-17-9-4-10-18-48)40-56(44-60)50-29-25-46(2)26-30-50/h3-44H,1-2H3. The van der Waals surface area contributed by atoms with E-state index in [9.17, 15) is 0 Å². The number of anilines is 6. The Kier molecular flexibility index (Phi) is 10.3. The molecule has 0 radical (unpaired) electrons. The van der Waals surface area contributed by atoms with Crippen molar-refractivity contribution in [3.63, 3.8) is 0 Å². The predicted octanol–water partition coefficient (Wildman–Crippen LogP) is 18.8. The first-order chi connectivity index (χ1) is 33.5. The molecule has 68 heavy (non-hydrogen) atoms. The number of rotatable bonds is 10. The third-order valence-corrected chi connectivity index (χ3v) is 13.5. The monoisotopic (exact) mass is 868 g/mol. The van der Waals surface area contributed by atoms with Crippen LogP contribution in [0.25, 0.3) is 76.8 Å². The highest BCUT2D eigenvalue weighted by atomic mass is 15.1. The molecule has 0 bridgehead atoms. The molecule has 0 aliphatic heterocycles. The minimum absolute atomic E-state index is 1.10. The molecule has 0 N–H and O–H groups in total. The molecular weight excluding hydrogens is 821 g/mol. The summed E-state index contributed by atoms with van der Waals surface area (Å²) >= 11 is 0. The molecule has 0 aliphatic carbocycles. The van der Waals surface area contributed by atoms with Gasteiger partial charge in [-0.3, -0.25) is 0 Å². The summed E-state index contributed by atoms with van der Waals surface area (Å²) in [5.41, 5.74) is 18.6. The van der Waals surface area contributed by atoms with Crippen molar-refractivity contribution < 1.29 is 0 Å². The highest BCUT2D eigenvalue weighted by Gasteiger charge is 2.23. The van der Waals surface area contributed by atoms with Crippen LogP contribution in [0.1, 0.15) is 11.1 Å². The Morgan fingerprint density at radius 3 is 0.897 bits per heavy atom. The average molecular weight is 869 g/mol. The lowest BCUT2D eigenvalue weighted by atomic mass is 9.91. The van der Waals surface area contributed by atoms with Crippen LogP contribution in [0, 0.1) is 13.8 Å². The van der Waals surface area contributed by atoms with E-state index >= 15 is 0 Å². The first kappa shape index (κ1) is 40.8. The Labute approximate surface area is 398 Å². The normalized spacial score (nSPS) is 11.4. The lowest BCUT2D eigenvalue weighted by Crippen LogP contribution is -2.12. The van der Waals surface area contributed by atoms with Crippen molar-refractivity contribution in [1.29, 1.82) is 0 Å². The van der Waals surface area contributed by atoms with Crippen molar-refractivity contribution in [2.45, 2.75) is 13.8 Å². The van der Waals surface area contributed by atoms with Gasteiger partial charge in [-0.05, 0) is 153 Å². The van der Waals surface area contributed by atoms with Crippen LogP contribution in [0.15, 0.2) is 255 Å². The summed E-state index contributed by atoms with van der Waals surface area (Å²) in [6, 6.07) is 93.6. The molecule has 0 aromatic heterocycles. The fraction of sp³-hybridized carbons (Fsp3) is 0.0303. The summed E-state index contributed by atoms with van der Waals surface area (Å²) < 4.78 is 0.